The Balaban J connectivity index is 3.54. The van der Waals surface area contributed by atoms with Crippen molar-refractivity contribution in [1.29, 1.82) is 0 Å². The highest BCUT2D eigenvalue weighted by molar-refractivity contribution is 5.88. The number of carbonyl (C=O) groups excluding carboxylic acids is 1. The number of hydrogen-bond donors (Lipinski definition) is 3. The molecule has 5 heteroatoms. The van der Waals surface area contributed by atoms with Crippen LogP contribution in [0, 0.1) is 0 Å². The quantitative estimate of drug-likeness (QED) is 0.444. The van der Waals surface area contributed by atoms with Gasteiger partial charge in [0.1, 0.15) is 5.82 Å². The average molecular weight is 170 g/mol. The van der Waals surface area contributed by atoms with E-state index in [-0.39, 0.29) is 6.42 Å². The lowest BCUT2D eigenvalue weighted by Crippen LogP contribution is -2.20. The number of rotatable bonds is 6. The highest BCUT2D eigenvalue weighted by Crippen LogP contribution is 1.83. The fraction of sp³-hybridized carbons (Fsp3) is 0.429. The maximum Gasteiger partial charge on any atom is 0.222 e. The highest BCUT2D eigenvalue weighted by atomic mass is 16.1. The first-order valence-electron chi connectivity index (χ1n) is 3.60. The predicted molar refractivity (Wildman–Crippen MR) is 48.5 cm³/mol. The molecule has 5 N–H and O–H groups in total. The van der Waals surface area contributed by atoms with Crippen LogP contribution in [0.1, 0.15) is 6.42 Å². The van der Waals surface area contributed by atoms with Gasteiger partial charge in [-0.2, -0.15) is 0 Å². The van der Waals surface area contributed by atoms with Gasteiger partial charge in [-0.3, -0.25) is 4.79 Å². The third kappa shape index (κ3) is 6.76. The Bertz CT molecular complexity index is 188. The molecule has 0 fully saturated rings. The number of primary amides is 1. The van der Waals surface area contributed by atoms with Gasteiger partial charge in [-0.05, 0) is 0 Å². The first kappa shape index (κ1) is 10.6. The van der Waals surface area contributed by atoms with Crippen LogP contribution < -0.4 is 16.8 Å². The van der Waals surface area contributed by atoms with Crippen LogP contribution in [0.25, 0.3) is 0 Å². The summed E-state index contributed by atoms with van der Waals surface area (Å²) < 4.78 is 0. The first-order valence-corrected chi connectivity index (χ1v) is 3.60. The molecule has 0 saturated heterocycles. The molecular formula is C7H14N4O. The van der Waals surface area contributed by atoms with E-state index in [0.717, 1.165) is 0 Å². The third-order valence-corrected chi connectivity index (χ3v) is 1.01. The van der Waals surface area contributed by atoms with Crippen molar-refractivity contribution in [2.24, 2.45) is 16.5 Å². The van der Waals surface area contributed by atoms with Crippen molar-refractivity contribution >= 4 is 12.1 Å². The zero-order valence-corrected chi connectivity index (χ0v) is 6.92. The van der Waals surface area contributed by atoms with Gasteiger partial charge >= 0.3 is 0 Å². The monoisotopic (exact) mass is 170 g/mol. The summed E-state index contributed by atoms with van der Waals surface area (Å²) in [5.41, 5.74) is 10.1. The molecule has 5 nitrogen and oxygen atoms in total. The van der Waals surface area contributed by atoms with E-state index < -0.39 is 5.91 Å². The molecule has 0 heterocycles. The average Bonchev–Trinajstić information content (AvgIpc) is 2.00. The summed E-state index contributed by atoms with van der Waals surface area (Å²) in [5, 5.41) is 2.84. The van der Waals surface area contributed by atoms with Crippen molar-refractivity contribution in [2.45, 2.75) is 6.42 Å². The van der Waals surface area contributed by atoms with Gasteiger partial charge in [0, 0.05) is 19.3 Å². The van der Waals surface area contributed by atoms with Crippen LogP contribution in [-0.4, -0.2) is 25.2 Å². The number of nitrogens with two attached hydrogens (primary N) is 2. The maximum atomic E-state index is 10.3. The van der Waals surface area contributed by atoms with Crippen molar-refractivity contribution in [3.05, 3.63) is 12.4 Å². The summed E-state index contributed by atoms with van der Waals surface area (Å²) in [6.07, 6.45) is 1.54. The lowest BCUT2D eigenvalue weighted by molar-refractivity contribution is -0.116. The second kappa shape index (κ2) is 6.36. The first-order chi connectivity index (χ1) is 5.66. The molecule has 0 aromatic carbocycles. The Kier molecular flexibility index (Phi) is 5.64. The van der Waals surface area contributed by atoms with E-state index >= 15 is 0 Å². The molecule has 0 aliphatic rings. The molecule has 0 aliphatic carbocycles. The van der Waals surface area contributed by atoms with Gasteiger partial charge in [-0.1, -0.05) is 6.58 Å². The third-order valence-electron chi connectivity index (χ3n) is 1.01. The molecule has 0 spiro atoms. The molecular weight excluding hydrogens is 156 g/mol. The van der Waals surface area contributed by atoms with Gasteiger partial charge in [-0.25, -0.2) is 4.99 Å². The number of nitrogens with zero attached hydrogens (tertiary/aromatic N) is 1. The number of hydrogen-bond acceptors (Lipinski definition) is 4. The Morgan fingerprint density at radius 3 is 2.83 bits per heavy atom. The standard InChI is InChI=1S/C7H14N4O/c1-6(11-5-3-8)10-4-2-7(9)12/h4,11H,1-3,5,8H2,(H2,9,12). The fourth-order valence-electron chi connectivity index (χ4n) is 0.508. The van der Waals surface area contributed by atoms with Crippen molar-refractivity contribution in [2.75, 3.05) is 13.1 Å². The molecule has 0 atom stereocenters. The molecule has 0 radical (unpaired) electrons. The topological polar surface area (TPSA) is 93.5 Å². The minimum atomic E-state index is -0.412. The smallest absolute Gasteiger partial charge is 0.222 e. The molecule has 0 aromatic heterocycles. The number of nitrogens with one attached hydrogen (secondary N) is 1. The Morgan fingerprint density at radius 2 is 2.33 bits per heavy atom. The van der Waals surface area contributed by atoms with Gasteiger partial charge in [0.2, 0.25) is 5.91 Å². The summed E-state index contributed by atoms with van der Waals surface area (Å²) in [6, 6.07) is 0. The Morgan fingerprint density at radius 1 is 1.67 bits per heavy atom. The Hall–Kier alpha value is -1.36. The molecule has 0 bridgehead atoms. The van der Waals surface area contributed by atoms with Crippen LogP contribution in [0.3, 0.4) is 0 Å². The van der Waals surface area contributed by atoms with Crippen LogP contribution in [-0.2, 0) is 4.79 Å². The van der Waals surface area contributed by atoms with Gasteiger partial charge in [-0.15, -0.1) is 0 Å². The van der Waals surface area contributed by atoms with Crippen molar-refractivity contribution in [3.8, 4) is 0 Å². The van der Waals surface area contributed by atoms with Gasteiger partial charge in [0.25, 0.3) is 0 Å². The molecule has 0 aromatic rings. The van der Waals surface area contributed by atoms with Crippen LogP contribution in [0.4, 0.5) is 0 Å². The minimum absolute atomic E-state index is 0.128. The van der Waals surface area contributed by atoms with Gasteiger partial charge in [0.15, 0.2) is 0 Å². The van der Waals surface area contributed by atoms with E-state index in [1.54, 1.807) is 0 Å². The summed E-state index contributed by atoms with van der Waals surface area (Å²) in [4.78, 5) is 14.1. The second-order valence-electron chi connectivity index (χ2n) is 2.14. The number of aliphatic imine (C=N–C) groups is 1. The van der Waals surface area contributed by atoms with Crippen LogP contribution >= 0.6 is 0 Å². The van der Waals surface area contributed by atoms with E-state index in [1.807, 2.05) is 0 Å². The Labute approximate surface area is 71.5 Å². The minimum Gasteiger partial charge on any atom is -0.369 e. The molecule has 0 aliphatic heterocycles. The highest BCUT2D eigenvalue weighted by Gasteiger charge is 1.89. The normalized spacial score (nSPS) is 10.1. The number of carbonyl (C=O) groups is 1. The lowest BCUT2D eigenvalue weighted by atomic mass is 10.4. The van der Waals surface area contributed by atoms with Crippen LogP contribution in [0.2, 0.25) is 0 Å². The van der Waals surface area contributed by atoms with E-state index in [2.05, 4.69) is 16.9 Å². The summed E-state index contributed by atoms with van der Waals surface area (Å²) in [6.45, 7) is 4.71. The fourth-order valence-corrected chi connectivity index (χ4v) is 0.508. The SMILES string of the molecule is C=C(N=CCC(N)=O)NCCN. The largest absolute Gasteiger partial charge is 0.369 e. The molecule has 0 saturated carbocycles. The zero-order valence-electron chi connectivity index (χ0n) is 6.92. The van der Waals surface area contributed by atoms with E-state index in [4.69, 9.17) is 11.5 Å². The van der Waals surface area contributed by atoms with E-state index in [0.29, 0.717) is 18.9 Å². The van der Waals surface area contributed by atoms with E-state index in [1.165, 1.54) is 6.21 Å². The summed E-state index contributed by atoms with van der Waals surface area (Å²) in [7, 11) is 0. The van der Waals surface area contributed by atoms with Crippen LogP contribution in [0.5, 0.6) is 0 Å². The maximum absolute atomic E-state index is 10.3. The van der Waals surface area contributed by atoms with Crippen molar-refractivity contribution < 1.29 is 4.79 Å². The van der Waals surface area contributed by atoms with Crippen molar-refractivity contribution in [3.63, 3.8) is 0 Å². The van der Waals surface area contributed by atoms with Crippen molar-refractivity contribution in [1.82, 2.24) is 5.32 Å². The summed E-state index contributed by atoms with van der Waals surface area (Å²) in [5.74, 6) is 0.0760. The number of amides is 1. The van der Waals surface area contributed by atoms with Gasteiger partial charge in [0.05, 0.1) is 6.42 Å². The van der Waals surface area contributed by atoms with Gasteiger partial charge < -0.3 is 16.8 Å². The summed E-state index contributed by atoms with van der Waals surface area (Å²) >= 11 is 0. The molecule has 12 heavy (non-hydrogen) atoms. The van der Waals surface area contributed by atoms with E-state index in [9.17, 15) is 4.79 Å². The molecule has 0 rings (SSSR count). The second-order valence-corrected chi connectivity index (χ2v) is 2.14. The molecule has 1 amide bonds. The lowest BCUT2D eigenvalue weighted by Gasteiger charge is -2.00. The molecule has 68 valence electrons. The molecule has 0 unspecified atom stereocenters. The zero-order chi connectivity index (χ0) is 9.40. The predicted octanol–water partition coefficient (Wildman–Crippen LogP) is -1.05. The van der Waals surface area contributed by atoms with Crippen LogP contribution in [0.15, 0.2) is 17.4 Å².